The zero-order chi connectivity index (χ0) is 15.4. The van der Waals surface area contributed by atoms with Gasteiger partial charge in [0.2, 0.25) is 0 Å². The van der Waals surface area contributed by atoms with Gasteiger partial charge in [0.25, 0.3) is 0 Å². The third-order valence-electron chi connectivity index (χ3n) is 1.78. The Balaban J connectivity index is 0.000000289. The molecule has 108 valence electrons. The molecule has 7 heteroatoms. The summed E-state index contributed by atoms with van der Waals surface area (Å²) in [6, 6.07) is 11.4. The van der Waals surface area contributed by atoms with E-state index in [9.17, 15) is 0 Å². The van der Waals surface area contributed by atoms with Crippen molar-refractivity contribution in [3.05, 3.63) is 48.5 Å². The monoisotopic (exact) mass is 299 g/mol. The second kappa shape index (κ2) is 10.6. The Hall–Kier alpha value is -2.30. The molecule has 6 nitrogen and oxygen atoms in total. The molecule has 0 fully saturated rings. The van der Waals surface area contributed by atoms with Crippen LogP contribution in [-0.2, 0) is 9.09 Å². The Labute approximate surface area is 117 Å². The van der Waals surface area contributed by atoms with Gasteiger partial charge >= 0.3 is 8.69 Å². The third-order valence-corrected chi connectivity index (χ3v) is 1.95. The van der Waals surface area contributed by atoms with E-state index in [-0.39, 0.29) is 23.0 Å². The van der Waals surface area contributed by atoms with E-state index in [1.807, 2.05) is 0 Å². The molecule has 2 aromatic rings. The molecule has 0 amide bonds. The van der Waals surface area contributed by atoms with E-state index >= 15 is 0 Å². The van der Waals surface area contributed by atoms with Gasteiger partial charge < -0.3 is 20.4 Å². The number of benzene rings is 2. The Bertz CT molecular complexity index is 398. The maximum absolute atomic E-state index is 9.10. The minimum Gasteiger partial charge on any atom is -0.508 e. The summed E-state index contributed by atoms with van der Waals surface area (Å²) in [4.78, 5) is 0. The molecule has 1 unspecified atom stereocenters. The molecule has 0 aliphatic heterocycles. The number of rotatable bonds is 1. The summed E-state index contributed by atoms with van der Waals surface area (Å²) in [5.41, 5.74) is 0. The van der Waals surface area contributed by atoms with Crippen LogP contribution >= 0.6 is 8.69 Å². The molecule has 0 bridgehead atoms. The van der Waals surface area contributed by atoms with Gasteiger partial charge in [-0.3, -0.25) is 0 Å². The van der Waals surface area contributed by atoms with E-state index in [1.165, 1.54) is 55.6 Å². The summed E-state index contributed by atoms with van der Waals surface area (Å²) < 4.78 is 13.1. The highest BCUT2D eigenvalue weighted by atomic mass is 31.1. The van der Waals surface area contributed by atoms with Crippen molar-refractivity contribution in [2.45, 2.75) is 0 Å². The summed E-state index contributed by atoms with van der Waals surface area (Å²) in [5, 5.41) is 34.6. The first-order chi connectivity index (χ1) is 9.49. The van der Waals surface area contributed by atoms with Crippen LogP contribution < -0.4 is 0 Å². The maximum Gasteiger partial charge on any atom is 0.493 e. The van der Waals surface area contributed by atoms with Crippen molar-refractivity contribution in [1.82, 2.24) is 0 Å². The molecule has 0 aliphatic rings. The summed E-state index contributed by atoms with van der Waals surface area (Å²) in [5.74, 6) is 0.677. The largest absolute Gasteiger partial charge is 0.508 e. The lowest BCUT2D eigenvalue weighted by atomic mass is 10.3. The fourth-order valence-electron chi connectivity index (χ4n) is 0.905. The average molecular weight is 299 g/mol. The van der Waals surface area contributed by atoms with E-state index in [0.717, 1.165) is 0 Å². The van der Waals surface area contributed by atoms with Gasteiger partial charge in [-0.05, 0) is 53.1 Å². The Morgan fingerprint density at radius 3 is 0.950 bits per heavy atom. The van der Waals surface area contributed by atoms with Crippen molar-refractivity contribution in [3.8, 4) is 23.0 Å². The van der Waals surface area contributed by atoms with Crippen LogP contribution in [0.5, 0.6) is 23.0 Å². The highest BCUT2D eigenvalue weighted by Gasteiger charge is 1.85. The van der Waals surface area contributed by atoms with Gasteiger partial charge in [-0.15, -0.1) is 0 Å². The molecule has 4 N–H and O–H groups in total. The maximum atomic E-state index is 9.10. The van der Waals surface area contributed by atoms with Crippen LogP contribution in [0.25, 0.3) is 0 Å². The van der Waals surface area contributed by atoms with Crippen LogP contribution in [0.1, 0.15) is 0 Å². The highest BCUT2D eigenvalue weighted by molar-refractivity contribution is 7.17. The molecule has 0 aliphatic carbocycles. The minimum atomic E-state index is -0.610. The van der Waals surface area contributed by atoms with Gasteiger partial charge in [-0.2, -0.15) is 4.52 Å². The Kier molecular flexibility index (Phi) is 9.39. The van der Waals surface area contributed by atoms with Crippen LogP contribution in [-0.4, -0.2) is 27.5 Å². The van der Waals surface area contributed by atoms with Crippen LogP contribution in [0, 0.1) is 0 Å². The molecule has 0 radical (unpaired) electrons. The topological polar surface area (TPSA) is 107 Å². The summed E-state index contributed by atoms with van der Waals surface area (Å²) in [6.45, 7) is 0. The molecular formula is C13H16O6P+. The molecule has 2 rings (SSSR count). The second-order valence-corrected chi connectivity index (χ2v) is 3.90. The summed E-state index contributed by atoms with van der Waals surface area (Å²) in [6.07, 6.45) is 0. The van der Waals surface area contributed by atoms with Gasteiger partial charge in [0.15, 0.2) is 0 Å². The summed E-state index contributed by atoms with van der Waals surface area (Å²) >= 11 is 0. The molecule has 0 aromatic heterocycles. The average Bonchev–Trinajstić information content (AvgIpc) is 2.46. The molecule has 0 heterocycles. The molecular weight excluding hydrogens is 283 g/mol. The first kappa shape index (κ1) is 17.7. The Morgan fingerprint density at radius 1 is 0.700 bits per heavy atom. The van der Waals surface area contributed by atoms with Crippen LogP contribution in [0.15, 0.2) is 48.5 Å². The number of aromatic hydroxyl groups is 4. The fraction of sp³-hybridized carbons (Fsp3) is 0.0769. The predicted molar refractivity (Wildman–Crippen MR) is 75.6 cm³/mol. The standard InChI is InChI=1S/2C6H6O2.CH4O2P/c2*7-5-1-2-6(8)4-3-5;1-3-4-2/h2*1-4,7-8H;4H,1H3/q;;+1. The van der Waals surface area contributed by atoms with Crippen molar-refractivity contribution >= 4 is 8.69 Å². The minimum absolute atomic E-state index is 0.169. The zero-order valence-electron chi connectivity index (χ0n) is 10.7. The number of phenols is 4. The zero-order valence-corrected chi connectivity index (χ0v) is 11.7. The quantitative estimate of drug-likeness (QED) is 0.476. The molecule has 1 atom stereocenters. The second-order valence-electron chi connectivity index (χ2n) is 3.32. The first-order valence-electron chi connectivity index (χ1n) is 5.35. The lowest BCUT2D eigenvalue weighted by Gasteiger charge is -1.88. The van der Waals surface area contributed by atoms with E-state index in [1.54, 1.807) is 0 Å². The molecule has 20 heavy (non-hydrogen) atoms. The van der Waals surface area contributed by atoms with Gasteiger partial charge in [0.1, 0.15) is 23.0 Å². The predicted octanol–water partition coefficient (Wildman–Crippen LogP) is 2.77. The molecule has 0 saturated carbocycles. The van der Waals surface area contributed by atoms with Gasteiger partial charge in [-0.25, -0.2) is 0 Å². The molecule has 2 aromatic carbocycles. The van der Waals surface area contributed by atoms with E-state index < -0.39 is 8.69 Å². The van der Waals surface area contributed by atoms with E-state index in [4.69, 9.17) is 25.0 Å². The normalized spacial score (nSPS) is 8.85. The van der Waals surface area contributed by atoms with Crippen molar-refractivity contribution in [2.24, 2.45) is 0 Å². The lowest BCUT2D eigenvalue weighted by Crippen LogP contribution is -1.61. The first-order valence-corrected chi connectivity index (χ1v) is 6.17. The van der Waals surface area contributed by atoms with Crippen LogP contribution in [0.4, 0.5) is 0 Å². The SMILES string of the molecule is CO[PH+]=O.Oc1ccc(O)cc1.Oc1ccc(O)cc1. The Morgan fingerprint density at radius 2 is 0.850 bits per heavy atom. The van der Waals surface area contributed by atoms with Gasteiger partial charge in [0, 0.05) is 0 Å². The molecule has 0 saturated heterocycles. The number of hydrogen-bond donors (Lipinski definition) is 4. The van der Waals surface area contributed by atoms with Crippen molar-refractivity contribution in [1.29, 1.82) is 0 Å². The summed E-state index contributed by atoms with van der Waals surface area (Å²) in [7, 11) is 0.771. The van der Waals surface area contributed by atoms with Crippen LogP contribution in [0.3, 0.4) is 0 Å². The fourth-order valence-corrected chi connectivity index (χ4v) is 0.905. The van der Waals surface area contributed by atoms with Crippen LogP contribution in [0.2, 0.25) is 0 Å². The highest BCUT2D eigenvalue weighted by Crippen LogP contribution is 2.13. The molecule has 0 spiro atoms. The smallest absolute Gasteiger partial charge is 0.493 e. The van der Waals surface area contributed by atoms with Gasteiger partial charge in [0.05, 0.1) is 7.11 Å². The number of hydrogen-bond acceptors (Lipinski definition) is 6. The van der Waals surface area contributed by atoms with Crippen molar-refractivity contribution in [2.75, 3.05) is 7.11 Å². The van der Waals surface area contributed by atoms with E-state index in [0.29, 0.717) is 0 Å². The third kappa shape index (κ3) is 9.70. The number of phenolic OH excluding ortho intramolecular Hbond substituents is 4. The lowest BCUT2D eigenvalue weighted by molar-refractivity contribution is 0.433. The van der Waals surface area contributed by atoms with Crippen molar-refractivity contribution in [3.63, 3.8) is 0 Å². The van der Waals surface area contributed by atoms with E-state index in [2.05, 4.69) is 4.52 Å². The van der Waals surface area contributed by atoms with Gasteiger partial charge in [-0.1, -0.05) is 0 Å². The van der Waals surface area contributed by atoms with Crippen molar-refractivity contribution < 1.29 is 29.5 Å².